The predicted molar refractivity (Wildman–Crippen MR) is 154 cm³/mol. The number of hydrogen-bond acceptors (Lipinski definition) is 6. The van der Waals surface area contributed by atoms with E-state index in [2.05, 4.69) is 33.4 Å². The van der Waals surface area contributed by atoms with E-state index in [-0.39, 0.29) is 30.2 Å². The summed E-state index contributed by atoms with van der Waals surface area (Å²) in [6.45, 7) is 4.92. The fourth-order valence-electron chi connectivity index (χ4n) is 6.27. The summed E-state index contributed by atoms with van der Waals surface area (Å²) in [6.07, 6.45) is 9.14. The molecule has 1 amide bonds. The molecule has 0 aliphatic carbocycles. The first-order chi connectivity index (χ1) is 19.7. The molecule has 0 bridgehead atoms. The highest BCUT2D eigenvalue weighted by molar-refractivity contribution is 7.98. The van der Waals surface area contributed by atoms with Crippen LogP contribution >= 0.6 is 23.1 Å². The van der Waals surface area contributed by atoms with E-state index in [1.807, 2.05) is 54.6 Å². The minimum Gasteiger partial charge on any atom is -0.477 e. The van der Waals surface area contributed by atoms with Crippen LogP contribution in [0.4, 0.5) is 0 Å². The molecule has 5 heterocycles. The zero-order valence-corrected chi connectivity index (χ0v) is 24.6. The number of benzene rings is 1. The molecule has 41 heavy (non-hydrogen) atoms. The number of amides is 1. The second-order valence-electron chi connectivity index (χ2n) is 10.7. The number of pyridine rings is 1. The number of aliphatic hydroxyl groups excluding tert-OH is 2. The van der Waals surface area contributed by atoms with Crippen LogP contribution in [0.2, 0.25) is 0 Å². The van der Waals surface area contributed by atoms with Crippen molar-refractivity contribution in [1.29, 1.82) is 0 Å². The number of rotatable bonds is 9. The molecular formula is C30H32N4O5S2+2. The van der Waals surface area contributed by atoms with Crippen molar-refractivity contribution in [2.24, 2.45) is 11.8 Å². The van der Waals surface area contributed by atoms with Crippen LogP contribution in [0.15, 0.2) is 72.0 Å². The Morgan fingerprint density at radius 2 is 1.90 bits per heavy atom. The highest BCUT2D eigenvalue weighted by Gasteiger charge is 2.60. The predicted octanol–water partition coefficient (Wildman–Crippen LogP) is 2.54. The van der Waals surface area contributed by atoms with Gasteiger partial charge in [-0.05, 0) is 30.9 Å². The number of thiazole rings is 1. The van der Waals surface area contributed by atoms with Gasteiger partial charge in [-0.15, -0.1) is 0 Å². The lowest BCUT2D eigenvalue weighted by Gasteiger charge is -2.46. The number of carboxylic acids is 1. The molecule has 0 unspecified atom stereocenters. The Kier molecular flexibility index (Phi) is 7.23. The van der Waals surface area contributed by atoms with E-state index in [0.717, 1.165) is 31.4 Å². The lowest BCUT2D eigenvalue weighted by atomic mass is 9.77. The molecule has 4 aromatic rings. The van der Waals surface area contributed by atoms with Crippen molar-refractivity contribution in [3.8, 4) is 0 Å². The number of β-lactam (4-membered cyclic amide) rings is 1. The van der Waals surface area contributed by atoms with E-state index in [0.29, 0.717) is 18.7 Å². The molecule has 1 saturated heterocycles. The van der Waals surface area contributed by atoms with Gasteiger partial charge in [-0.1, -0.05) is 48.2 Å². The molecule has 0 radical (unpaired) electrons. The highest BCUT2D eigenvalue weighted by Crippen LogP contribution is 2.51. The Morgan fingerprint density at radius 3 is 2.59 bits per heavy atom. The molecule has 6 rings (SSSR count). The quantitative estimate of drug-likeness (QED) is 0.157. The zero-order valence-electron chi connectivity index (χ0n) is 23.0. The van der Waals surface area contributed by atoms with Crippen LogP contribution in [0, 0.1) is 11.8 Å². The van der Waals surface area contributed by atoms with Crippen LogP contribution in [0.25, 0.3) is 10.4 Å². The van der Waals surface area contributed by atoms with Crippen molar-refractivity contribution in [2.75, 3.05) is 6.26 Å². The minimum atomic E-state index is -1.12. The van der Waals surface area contributed by atoms with Gasteiger partial charge < -0.3 is 20.2 Å². The number of carboxylic acid groups (broad SMARTS) is 1. The summed E-state index contributed by atoms with van der Waals surface area (Å²) in [5.41, 5.74) is 3.88. The van der Waals surface area contributed by atoms with E-state index >= 15 is 0 Å². The number of aromatic nitrogens is 3. The number of aliphatic carboxylic acids is 1. The van der Waals surface area contributed by atoms with Crippen molar-refractivity contribution >= 4 is 45.4 Å². The molecule has 9 nitrogen and oxygen atoms in total. The Labute approximate surface area is 245 Å². The number of aliphatic hydroxyl groups is 2. The summed E-state index contributed by atoms with van der Waals surface area (Å²) in [7, 11) is 0. The molecule has 212 valence electrons. The monoisotopic (exact) mass is 592 g/mol. The number of imidazole rings is 1. The normalized spacial score (nSPS) is 21.0. The maximum atomic E-state index is 12.8. The smallest absolute Gasteiger partial charge is 0.352 e. The van der Waals surface area contributed by atoms with Gasteiger partial charge in [0.15, 0.2) is 18.9 Å². The Balaban J connectivity index is 1.30. The first kappa shape index (κ1) is 27.6. The van der Waals surface area contributed by atoms with Crippen LogP contribution < -0.4 is 9.13 Å². The van der Waals surface area contributed by atoms with Gasteiger partial charge in [0.05, 0.1) is 29.5 Å². The van der Waals surface area contributed by atoms with Crippen LogP contribution in [0.3, 0.4) is 0 Å². The molecule has 11 heteroatoms. The molecule has 3 aromatic heterocycles. The third-order valence-corrected chi connectivity index (χ3v) is 10.1. The molecule has 2 aliphatic rings. The minimum absolute atomic E-state index is 0.00956. The van der Waals surface area contributed by atoms with Gasteiger partial charge in [0.2, 0.25) is 15.8 Å². The van der Waals surface area contributed by atoms with Gasteiger partial charge in [0, 0.05) is 28.7 Å². The summed E-state index contributed by atoms with van der Waals surface area (Å²) in [4.78, 5) is 28.3. The van der Waals surface area contributed by atoms with Crippen LogP contribution in [0.5, 0.6) is 0 Å². The number of fused-ring (bicyclic) bond motifs is 2. The fourth-order valence-corrected chi connectivity index (χ4v) is 8.45. The number of hydrogen-bond donors (Lipinski definition) is 3. The summed E-state index contributed by atoms with van der Waals surface area (Å²) in [5.74, 6) is -2.23. The van der Waals surface area contributed by atoms with Crippen molar-refractivity contribution in [2.45, 2.75) is 50.7 Å². The van der Waals surface area contributed by atoms with E-state index in [9.17, 15) is 24.9 Å². The molecule has 0 saturated carbocycles. The van der Waals surface area contributed by atoms with Crippen molar-refractivity contribution in [3.05, 3.63) is 88.6 Å². The first-order valence-electron chi connectivity index (χ1n) is 13.4. The molecular weight excluding hydrogens is 560 g/mol. The van der Waals surface area contributed by atoms with Crippen molar-refractivity contribution in [1.82, 2.24) is 9.30 Å². The van der Waals surface area contributed by atoms with Gasteiger partial charge in [-0.25, -0.2) is 13.9 Å². The number of nitrogens with zero attached hydrogens (tertiary/aromatic N) is 4. The highest BCUT2D eigenvalue weighted by atomic mass is 32.2. The number of carbonyl (C=O) groups excluding carboxylic acids is 1. The van der Waals surface area contributed by atoms with Crippen LogP contribution in [0.1, 0.15) is 35.4 Å². The molecule has 3 N–H and O–H groups in total. The van der Waals surface area contributed by atoms with Gasteiger partial charge >= 0.3 is 5.97 Å². The summed E-state index contributed by atoms with van der Waals surface area (Å²) < 4.78 is 6.29. The average Bonchev–Trinajstić information content (AvgIpc) is 3.55. The lowest BCUT2D eigenvalue weighted by molar-refractivity contribution is -0.721. The van der Waals surface area contributed by atoms with Gasteiger partial charge in [0.25, 0.3) is 6.33 Å². The molecule has 1 aromatic carbocycles. The molecule has 1 fully saturated rings. The molecule has 2 aliphatic heterocycles. The lowest BCUT2D eigenvalue weighted by Crippen LogP contribution is -2.63. The van der Waals surface area contributed by atoms with Crippen molar-refractivity contribution < 1.29 is 34.0 Å². The second-order valence-corrected chi connectivity index (χ2v) is 12.6. The topological polar surface area (TPSA) is 110 Å². The standard InChI is InChI=1S/C30H31N4O5S2/c1-17-23(26(30(38)39)34-25(17)24(18(2)36)27(34)37)22-14-33-16-32(28(40-3)29(33)41-22)13-20-7-4-6-19(10-20)11-31-9-5-8-21(12-31)15-35/h4-10,12,14,16-18,24-25,35-36H,11,13,15H2,1-3H3/q+1/p+1/t17-,18+,24+,25+/m0/s1. The molecule has 4 atom stereocenters. The largest absolute Gasteiger partial charge is 0.477 e. The van der Waals surface area contributed by atoms with E-state index in [1.165, 1.54) is 16.2 Å². The van der Waals surface area contributed by atoms with Gasteiger partial charge in [0.1, 0.15) is 18.4 Å². The summed E-state index contributed by atoms with van der Waals surface area (Å²) in [5, 5.41) is 30.8. The van der Waals surface area contributed by atoms with Crippen LogP contribution in [-0.2, 0) is 29.3 Å². The van der Waals surface area contributed by atoms with E-state index in [4.69, 9.17) is 0 Å². The number of carbonyl (C=O) groups is 2. The third kappa shape index (κ3) is 4.66. The zero-order chi connectivity index (χ0) is 29.0. The maximum absolute atomic E-state index is 12.8. The first-order valence-corrected chi connectivity index (χ1v) is 15.5. The maximum Gasteiger partial charge on any atom is 0.352 e. The Bertz CT molecular complexity index is 1710. The third-order valence-electron chi connectivity index (χ3n) is 8.05. The van der Waals surface area contributed by atoms with Gasteiger partial charge in [-0.3, -0.25) is 4.79 Å². The van der Waals surface area contributed by atoms with Crippen molar-refractivity contribution in [3.63, 3.8) is 0 Å². The Morgan fingerprint density at radius 1 is 1.17 bits per heavy atom. The average molecular weight is 593 g/mol. The second kappa shape index (κ2) is 10.7. The SMILES string of the molecule is CSc1c2sc(C3=C(C(=O)O)N4C(=O)[C@H]([C@@H](C)O)[C@H]4[C@H]3C)cn2c[n+]1Cc1cccc(C[n+]2cccc(CO)c2)c1. The van der Waals surface area contributed by atoms with E-state index < -0.39 is 18.0 Å². The van der Waals surface area contributed by atoms with Gasteiger partial charge in [-0.2, -0.15) is 4.40 Å². The molecule has 0 spiro atoms. The number of thioether (sulfide) groups is 1. The van der Waals surface area contributed by atoms with Crippen LogP contribution in [-0.4, -0.2) is 54.9 Å². The summed E-state index contributed by atoms with van der Waals surface area (Å²) in [6, 6.07) is 12.0. The Hall–Kier alpha value is -3.51. The van der Waals surface area contributed by atoms with E-state index in [1.54, 1.807) is 18.7 Å². The summed E-state index contributed by atoms with van der Waals surface area (Å²) >= 11 is 3.17. The fraction of sp³-hybridized carbons (Fsp3) is 0.333.